The van der Waals surface area contributed by atoms with Gasteiger partial charge in [-0.25, -0.2) is 0 Å². The number of halogens is 1. The monoisotopic (exact) mass is 304 g/mol. The molecule has 2 saturated heterocycles. The van der Waals surface area contributed by atoms with E-state index in [-0.39, 0.29) is 24.2 Å². The Hall–Kier alpha value is -0.810. The van der Waals surface area contributed by atoms with E-state index in [9.17, 15) is 9.59 Å². The van der Waals surface area contributed by atoms with Crippen molar-refractivity contribution in [2.45, 2.75) is 38.5 Å². The van der Waals surface area contributed by atoms with Crippen LogP contribution in [-0.2, 0) is 9.59 Å². The van der Waals surface area contributed by atoms with Gasteiger partial charge in [-0.2, -0.15) is 0 Å². The Balaban J connectivity index is 0.00000200. The van der Waals surface area contributed by atoms with Crippen molar-refractivity contribution in [3.05, 3.63) is 0 Å². The number of nitrogens with zero attached hydrogens (tertiary/aromatic N) is 2. The van der Waals surface area contributed by atoms with Gasteiger partial charge in [-0.15, -0.1) is 12.4 Å². The fourth-order valence-electron chi connectivity index (χ4n) is 3.01. The predicted octanol–water partition coefficient (Wildman–Crippen LogP) is 1.61. The van der Waals surface area contributed by atoms with Crippen molar-refractivity contribution in [3.8, 4) is 0 Å². The van der Waals surface area contributed by atoms with Crippen LogP contribution in [0.2, 0.25) is 0 Å². The van der Waals surface area contributed by atoms with Gasteiger partial charge in [0.2, 0.25) is 5.91 Å². The van der Waals surface area contributed by atoms with Crippen molar-refractivity contribution in [2.24, 2.45) is 5.92 Å². The van der Waals surface area contributed by atoms with Crippen LogP contribution in [0.15, 0.2) is 0 Å². The fourth-order valence-corrected chi connectivity index (χ4v) is 3.01. The van der Waals surface area contributed by atoms with Crippen LogP contribution in [0.1, 0.15) is 38.5 Å². The molecule has 0 aromatic carbocycles. The van der Waals surface area contributed by atoms with E-state index in [2.05, 4.69) is 0 Å². The quantitative estimate of drug-likeness (QED) is 0.860. The van der Waals surface area contributed by atoms with E-state index in [4.69, 9.17) is 5.11 Å². The van der Waals surface area contributed by atoms with Gasteiger partial charge in [-0.05, 0) is 32.2 Å². The summed E-state index contributed by atoms with van der Waals surface area (Å²) in [5, 5.41) is 9.05. The summed E-state index contributed by atoms with van der Waals surface area (Å²) in [4.78, 5) is 27.2. The summed E-state index contributed by atoms with van der Waals surface area (Å²) in [6.07, 6.45) is 6.25. The van der Waals surface area contributed by atoms with Crippen molar-refractivity contribution in [1.82, 2.24) is 9.80 Å². The van der Waals surface area contributed by atoms with Crippen molar-refractivity contribution < 1.29 is 14.7 Å². The number of likely N-dealkylation sites (tertiary alicyclic amines) is 2. The van der Waals surface area contributed by atoms with Gasteiger partial charge in [0.1, 0.15) is 0 Å². The Bertz CT molecular complexity index is 330. The highest BCUT2D eigenvalue weighted by Gasteiger charge is 2.27. The molecule has 0 aromatic heterocycles. The zero-order chi connectivity index (χ0) is 13.7. The normalized spacial score (nSPS) is 24.6. The molecule has 0 radical (unpaired) electrons. The van der Waals surface area contributed by atoms with Crippen molar-refractivity contribution >= 4 is 24.3 Å². The number of aliphatic carboxylic acids is 1. The number of hydrogen-bond acceptors (Lipinski definition) is 3. The van der Waals surface area contributed by atoms with Gasteiger partial charge in [0.25, 0.3) is 0 Å². The zero-order valence-corrected chi connectivity index (χ0v) is 12.7. The van der Waals surface area contributed by atoms with E-state index in [1.54, 1.807) is 0 Å². The van der Waals surface area contributed by atoms with Crippen LogP contribution in [-0.4, -0.2) is 59.5 Å². The summed E-state index contributed by atoms with van der Waals surface area (Å²) < 4.78 is 0. The molecule has 5 nitrogen and oxygen atoms in total. The van der Waals surface area contributed by atoms with Crippen LogP contribution < -0.4 is 0 Å². The summed E-state index contributed by atoms with van der Waals surface area (Å²) >= 11 is 0. The maximum atomic E-state index is 12.2. The lowest BCUT2D eigenvalue weighted by atomic mass is 9.98. The summed E-state index contributed by atoms with van der Waals surface area (Å²) in [6, 6.07) is 0. The highest BCUT2D eigenvalue weighted by Crippen LogP contribution is 2.17. The minimum absolute atomic E-state index is 0. The van der Waals surface area contributed by atoms with Crippen molar-refractivity contribution in [1.29, 1.82) is 0 Å². The van der Waals surface area contributed by atoms with Crippen LogP contribution in [0.3, 0.4) is 0 Å². The third-order valence-electron chi connectivity index (χ3n) is 4.17. The first-order valence-electron chi connectivity index (χ1n) is 7.40. The Morgan fingerprint density at radius 1 is 1.00 bits per heavy atom. The Kier molecular flexibility index (Phi) is 7.30. The molecule has 1 N–H and O–H groups in total. The lowest BCUT2D eigenvalue weighted by Crippen LogP contribution is -2.45. The lowest BCUT2D eigenvalue weighted by Gasteiger charge is -2.32. The summed E-state index contributed by atoms with van der Waals surface area (Å²) in [6.45, 7) is 3.51. The van der Waals surface area contributed by atoms with Gasteiger partial charge < -0.3 is 10.0 Å². The summed E-state index contributed by atoms with van der Waals surface area (Å²) in [5.41, 5.74) is 0. The largest absolute Gasteiger partial charge is 0.481 e. The van der Waals surface area contributed by atoms with Crippen molar-refractivity contribution in [2.75, 3.05) is 32.7 Å². The molecule has 2 fully saturated rings. The number of carboxylic acid groups (broad SMARTS) is 1. The van der Waals surface area contributed by atoms with Crippen LogP contribution >= 0.6 is 12.4 Å². The molecule has 2 aliphatic rings. The second-order valence-corrected chi connectivity index (χ2v) is 5.71. The van der Waals surface area contributed by atoms with E-state index in [1.807, 2.05) is 9.80 Å². The molecule has 20 heavy (non-hydrogen) atoms. The number of hydrogen-bond donors (Lipinski definition) is 1. The number of carbonyl (C=O) groups is 2. The molecule has 0 saturated carbocycles. The van der Waals surface area contributed by atoms with Crippen molar-refractivity contribution in [3.63, 3.8) is 0 Å². The average molecular weight is 305 g/mol. The molecule has 1 atom stereocenters. The molecule has 1 unspecified atom stereocenters. The second-order valence-electron chi connectivity index (χ2n) is 5.71. The van der Waals surface area contributed by atoms with Gasteiger partial charge in [0.05, 0.1) is 12.5 Å². The molecule has 0 aliphatic carbocycles. The molecule has 0 aromatic rings. The Morgan fingerprint density at radius 2 is 1.65 bits per heavy atom. The summed E-state index contributed by atoms with van der Waals surface area (Å²) in [7, 11) is 0. The lowest BCUT2D eigenvalue weighted by molar-refractivity contribution is -0.145. The van der Waals surface area contributed by atoms with Crippen LogP contribution in [0.25, 0.3) is 0 Å². The fraction of sp³-hybridized carbons (Fsp3) is 0.857. The maximum absolute atomic E-state index is 12.2. The number of amides is 1. The molecular formula is C14H25ClN2O3. The van der Waals surface area contributed by atoms with Gasteiger partial charge >= 0.3 is 5.97 Å². The van der Waals surface area contributed by atoms with Crippen LogP contribution in [0.5, 0.6) is 0 Å². The van der Waals surface area contributed by atoms with Crippen LogP contribution in [0.4, 0.5) is 0 Å². The Morgan fingerprint density at radius 3 is 2.25 bits per heavy atom. The predicted molar refractivity (Wildman–Crippen MR) is 79.1 cm³/mol. The standard InChI is InChI=1S/C14H24N2O3.ClH/c17-13(16-8-3-1-2-4-9-16)11-15-7-5-6-12(10-15)14(18)19;/h12H,1-11H2,(H,18,19);1H. The molecule has 0 bridgehead atoms. The van der Waals surface area contributed by atoms with E-state index < -0.39 is 5.97 Å². The number of carbonyl (C=O) groups excluding carboxylic acids is 1. The van der Waals surface area contributed by atoms with E-state index in [0.29, 0.717) is 13.1 Å². The second kappa shape index (κ2) is 8.47. The first kappa shape index (κ1) is 17.2. The maximum Gasteiger partial charge on any atom is 0.307 e. The minimum Gasteiger partial charge on any atom is -0.481 e. The third kappa shape index (κ3) is 4.94. The van der Waals surface area contributed by atoms with E-state index in [1.165, 1.54) is 12.8 Å². The molecule has 116 valence electrons. The van der Waals surface area contributed by atoms with Crippen LogP contribution in [0, 0.1) is 5.92 Å². The van der Waals surface area contributed by atoms with Gasteiger partial charge in [-0.3, -0.25) is 14.5 Å². The molecule has 2 aliphatic heterocycles. The highest BCUT2D eigenvalue weighted by atomic mass is 35.5. The van der Waals surface area contributed by atoms with E-state index >= 15 is 0 Å². The molecule has 1 amide bonds. The molecular weight excluding hydrogens is 280 g/mol. The molecule has 6 heteroatoms. The number of carboxylic acids is 1. The first-order chi connectivity index (χ1) is 9.16. The van der Waals surface area contributed by atoms with Gasteiger partial charge in [0.15, 0.2) is 0 Å². The number of rotatable bonds is 3. The SMILES string of the molecule is Cl.O=C(O)C1CCCN(CC(=O)N2CCCCCC2)C1. The number of piperidine rings is 1. The van der Waals surface area contributed by atoms with Gasteiger partial charge in [0, 0.05) is 19.6 Å². The van der Waals surface area contributed by atoms with Gasteiger partial charge in [-0.1, -0.05) is 12.8 Å². The van der Waals surface area contributed by atoms with E-state index in [0.717, 1.165) is 45.3 Å². The zero-order valence-electron chi connectivity index (χ0n) is 11.9. The molecule has 2 rings (SSSR count). The average Bonchev–Trinajstić information content (AvgIpc) is 2.68. The molecule has 0 spiro atoms. The topological polar surface area (TPSA) is 60.9 Å². The minimum atomic E-state index is -0.730. The third-order valence-corrected chi connectivity index (χ3v) is 4.17. The smallest absolute Gasteiger partial charge is 0.307 e. The first-order valence-corrected chi connectivity index (χ1v) is 7.40. The Labute approximate surface area is 126 Å². The molecule has 2 heterocycles. The highest BCUT2D eigenvalue weighted by molar-refractivity contribution is 5.85. The summed E-state index contributed by atoms with van der Waals surface area (Å²) in [5.74, 6) is -0.856.